The van der Waals surface area contributed by atoms with Crippen LogP contribution in [-0.4, -0.2) is 11.7 Å². The molecule has 0 unspecified atom stereocenters. The predicted octanol–water partition coefficient (Wildman–Crippen LogP) is 2.18. The van der Waals surface area contributed by atoms with Crippen molar-refractivity contribution < 1.29 is 4.79 Å². The summed E-state index contributed by atoms with van der Waals surface area (Å²) in [4.78, 5) is 15.0. The maximum atomic E-state index is 10.7. The Morgan fingerprint density at radius 1 is 1.29 bits per heavy atom. The van der Waals surface area contributed by atoms with E-state index in [0.29, 0.717) is 5.84 Å². The van der Waals surface area contributed by atoms with E-state index in [-0.39, 0.29) is 5.91 Å². The van der Waals surface area contributed by atoms with Crippen LogP contribution in [0, 0.1) is 6.92 Å². The molecule has 0 radical (unpaired) electrons. The lowest BCUT2D eigenvalue weighted by Crippen LogP contribution is -2.25. The zero-order valence-electron chi connectivity index (χ0n) is 8.66. The van der Waals surface area contributed by atoms with Crippen molar-refractivity contribution in [3.8, 4) is 0 Å². The van der Waals surface area contributed by atoms with Crippen molar-refractivity contribution in [2.24, 2.45) is 4.99 Å². The quantitative estimate of drug-likeness (QED) is 0.535. The molecule has 0 atom stereocenters. The van der Waals surface area contributed by atoms with Crippen LogP contribution in [0.5, 0.6) is 0 Å². The van der Waals surface area contributed by atoms with Gasteiger partial charge in [-0.1, -0.05) is 18.2 Å². The van der Waals surface area contributed by atoms with Gasteiger partial charge in [0.25, 0.3) is 0 Å². The first-order chi connectivity index (χ1) is 6.59. The number of aryl methyl sites for hydroxylation is 1. The smallest absolute Gasteiger partial charge is 0.222 e. The summed E-state index contributed by atoms with van der Waals surface area (Å²) < 4.78 is 0. The van der Waals surface area contributed by atoms with E-state index < -0.39 is 0 Å². The third-order valence-electron chi connectivity index (χ3n) is 1.76. The first kappa shape index (κ1) is 10.4. The molecule has 0 saturated heterocycles. The molecule has 3 nitrogen and oxygen atoms in total. The third-order valence-corrected chi connectivity index (χ3v) is 1.76. The zero-order chi connectivity index (χ0) is 10.6. The van der Waals surface area contributed by atoms with Crippen LogP contribution in [0.1, 0.15) is 19.4 Å². The lowest BCUT2D eigenvalue weighted by molar-refractivity contribution is -0.117. The largest absolute Gasteiger partial charge is 0.315 e. The van der Waals surface area contributed by atoms with Crippen molar-refractivity contribution in [1.82, 2.24) is 5.32 Å². The fourth-order valence-corrected chi connectivity index (χ4v) is 1.15. The molecule has 0 aliphatic carbocycles. The minimum absolute atomic E-state index is 0.0974. The number of hydrogen-bond donors (Lipinski definition) is 1. The van der Waals surface area contributed by atoms with E-state index in [4.69, 9.17) is 0 Å². The van der Waals surface area contributed by atoms with Gasteiger partial charge in [0, 0.05) is 6.92 Å². The maximum Gasteiger partial charge on any atom is 0.222 e. The third kappa shape index (κ3) is 3.01. The van der Waals surface area contributed by atoms with Crippen molar-refractivity contribution in [3.63, 3.8) is 0 Å². The Morgan fingerprint density at radius 2 is 1.93 bits per heavy atom. The summed E-state index contributed by atoms with van der Waals surface area (Å²) in [5, 5.41) is 2.63. The number of nitrogens with one attached hydrogen (secondary N) is 1. The summed E-state index contributed by atoms with van der Waals surface area (Å²) in [5.41, 5.74) is 1.98. The molecule has 1 rings (SSSR count). The molecule has 0 heterocycles. The highest BCUT2D eigenvalue weighted by molar-refractivity contribution is 5.97. The van der Waals surface area contributed by atoms with Crippen LogP contribution in [0.4, 0.5) is 5.69 Å². The van der Waals surface area contributed by atoms with E-state index in [2.05, 4.69) is 10.3 Å². The van der Waals surface area contributed by atoms with Gasteiger partial charge >= 0.3 is 0 Å². The van der Waals surface area contributed by atoms with Gasteiger partial charge in [-0.15, -0.1) is 0 Å². The Balaban J connectivity index is 2.86. The molecular formula is C11H14N2O. The van der Waals surface area contributed by atoms with Crippen molar-refractivity contribution in [1.29, 1.82) is 0 Å². The van der Waals surface area contributed by atoms with Gasteiger partial charge in [0.1, 0.15) is 5.84 Å². The molecule has 1 N–H and O–H groups in total. The van der Waals surface area contributed by atoms with E-state index >= 15 is 0 Å². The SMILES string of the molecule is CC(=O)NC(C)=Nc1ccccc1C. The van der Waals surface area contributed by atoms with Crippen LogP contribution in [0.25, 0.3) is 0 Å². The number of aliphatic imine (C=N–C) groups is 1. The number of amidine groups is 1. The van der Waals surface area contributed by atoms with Gasteiger partial charge in [0.15, 0.2) is 0 Å². The Morgan fingerprint density at radius 3 is 2.50 bits per heavy atom. The van der Waals surface area contributed by atoms with Crippen molar-refractivity contribution in [3.05, 3.63) is 29.8 Å². The van der Waals surface area contributed by atoms with Gasteiger partial charge in [-0.2, -0.15) is 0 Å². The number of hydrogen-bond acceptors (Lipinski definition) is 2. The van der Waals surface area contributed by atoms with Gasteiger partial charge in [0.2, 0.25) is 5.91 Å². The van der Waals surface area contributed by atoms with Gasteiger partial charge in [0.05, 0.1) is 5.69 Å². The second-order valence-corrected chi connectivity index (χ2v) is 3.16. The highest BCUT2D eigenvalue weighted by Gasteiger charge is 1.97. The predicted molar refractivity (Wildman–Crippen MR) is 57.8 cm³/mol. The van der Waals surface area contributed by atoms with Crippen LogP contribution in [0.3, 0.4) is 0 Å². The molecule has 1 aromatic rings. The molecule has 0 spiro atoms. The van der Waals surface area contributed by atoms with Gasteiger partial charge in [-0.05, 0) is 25.5 Å². The van der Waals surface area contributed by atoms with Crippen molar-refractivity contribution in [2.75, 3.05) is 0 Å². The molecule has 0 bridgehead atoms. The van der Waals surface area contributed by atoms with Gasteiger partial charge in [-0.3, -0.25) is 4.79 Å². The summed E-state index contributed by atoms with van der Waals surface area (Å²) >= 11 is 0. The summed E-state index contributed by atoms with van der Waals surface area (Å²) in [6, 6.07) is 7.79. The average Bonchev–Trinajstić information content (AvgIpc) is 2.07. The molecule has 74 valence electrons. The maximum absolute atomic E-state index is 10.7. The first-order valence-electron chi connectivity index (χ1n) is 4.48. The molecule has 3 heteroatoms. The topological polar surface area (TPSA) is 41.5 Å². The number of para-hydroxylation sites is 1. The standard InChI is InChI=1S/C11H14N2O/c1-8-6-4-5-7-11(8)13-9(2)12-10(3)14/h4-7H,1-3H3,(H,12,13,14). The molecule has 0 aromatic heterocycles. The lowest BCUT2D eigenvalue weighted by Gasteiger charge is -2.02. The van der Waals surface area contributed by atoms with Crippen LogP contribution in [-0.2, 0) is 4.79 Å². The van der Waals surface area contributed by atoms with Crippen LogP contribution < -0.4 is 5.32 Å². The Kier molecular flexibility index (Phi) is 3.40. The minimum atomic E-state index is -0.0974. The number of carbonyl (C=O) groups excluding carboxylic acids is 1. The highest BCUT2D eigenvalue weighted by Crippen LogP contribution is 2.16. The zero-order valence-corrected chi connectivity index (χ0v) is 8.66. The highest BCUT2D eigenvalue weighted by atomic mass is 16.1. The normalized spacial score (nSPS) is 11.2. The second-order valence-electron chi connectivity index (χ2n) is 3.16. The molecule has 0 aliphatic heterocycles. The van der Waals surface area contributed by atoms with Gasteiger partial charge in [-0.25, -0.2) is 4.99 Å². The van der Waals surface area contributed by atoms with Crippen molar-refractivity contribution in [2.45, 2.75) is 20.8 Å². The second kappa shape index (κ2) is 4.56. The van der Waals surface area contributed by atoms with Crippen LogP contribution in [0.15, 0.2) is 29.3 Å². The molecule has 0 aliphatic rings. The fraction of sp³-hybridized carbons (Fsp3) is 0.273. The monoisotopic (exact) mass is 190 g/mol. The molecule has 1 aromatic carbocycles. The van der Waals surface area contributed by atoms with E-state index in [1.807, 2.05) is 31.2 Å². The van der Waals surface area contributed by atoms with Gasteiger partial charge < -0.3 is 5.32 Å². The first-order valence-corrected chi connectivity index (χ1v) is 4.48. The molecule has 0 saturated carbocycles. The fourth-order valence-electron chi connectivity index (χ4n) is 1.15. The average molecular weight is 190 g/mol. The Labute approximate surface area is 83.9 Å². The molecular weight excluding hydrogens is 176 g/mol. The van der Waals surface area contributed by atoms with Crippen LogP contribution >= 0.6 is 0 Å². The number of carbonyl (C=O) groups is 1. The minimum Gasteiger partial charge on any atom is -0.315 e. The summed E-state index contributed by atoms with van der Waals surface area (Å²) in [7, 11) is 0. The number of benzene rings is 1. The van der Waals surface area contributed by atoms with Crippen molar-refractivity contribution >= 4 is 17.4 Å². The number of amides is 1. The molecule has 1 amide bonds. The number of nitrogens with zero attached hydrogens (tertiary/aromatic N) is 1. The molecule has 0 fully saturated rings. The van der Waals surface area contributed by atoms with E-state index in [9.17, 15) is 4.79 Å². The van der Waals surface area contributed by atoms with Crippen LogP contribution in [0.2, 0.25) is 0 Å². The summed E-state index contributed by atoms with van der Waals surface area (Å²) in [6.07, 6.45) is 0. The summed E-state index contributed by atoms with van der Waals surface area (Å²) in [6.45, 7) is 5.23. The van der Waals surface area contributed by atoms with E-state index in [1.165, 1.54) is 6.92 Å². The Bertz CT molecular complexity index is 369. The summed E-state index contributed by atoms with van der Waals surface area (Å²) in [5.74, 6) is 0.520. The van der Waals surface area contributed by atoms with E-state index in [0.717, 1.165) is 11.3 Å². The Hall–Kier alpha value is -1.64. The lowest BCUT2D eigenvalue weighted by atomic mass is 10.2. The number of rotatable bonds is 1. The molecule has 14 heavy (non-hydrogen) atoms. The van der Waals surface area contributed by atoms with E-state index in [1.54, 1.807) is 6.92 Å².